The maximum absolute atomic E-state index is 10.6. The van der Waals surface area contributed by atoms with Crippen molar-refractivity contribution in [3.05, 3.63) is 53.6 Å². The Morgan fingerprint density at radius 1 is 1.35 bits per heavy atom. The van der Waals surface area contributed by atoms with Crippen LogP contribution in [0.5, 0.6) is 0 Å². The van der Waals surface area contributed by atoms with Gasteiger partial charge in [0.2, 0.25) is 0 Å². The smallest absolute Gasteiger partial charge is 0.409 e. The van der Waals surface area contributed by atoms with Gasteiger partial charge in [-0.15, -0.1) is 0 Å². The minimum Gasteiger partial charge on any atom is -0.465 e. The first kappa shape index (κ1) is 16.4. The van der Waals surface area contributed by atoms with Crippen molar-refractivity contribution in [3.63, 3.8) is 0 Å². The summed E-state index contributed by atoms with van der Waals surface area (Å²) in [6.07, 6.45) is -0.817. The van der Waals surface area contributed by atoms with Gasteiger partial charge in [0.25, 0.3) is 0 Å². The molecule has 0 fully saturated rings. The van der Waals surface area contributed by atoms with E-state index in [9.17, 15) is 9.90 Å². The van der Waals surface area contributed by atoms with Crippen LogP contribution in [-0.2, 0) is 5.41 Å². The highest BCUT2D eigenvalue weighted by Crippen LogP contribution is 2.35. The molecule has 0 aliphatic rings. The van der Waals surface area contributed by atoms with Crippen LogP contribution in [0.15, 0.2) is 36.5 Å². The number of rotatable bonds is 4. The van der Waals surface area contributed by atoms with Gasteiger partial charge in [-0.3, -0.25) is 10.3 Å². The van der Waals surface area contributed by atoms with Crippen LogP contribution in [-0.4, -0.2) is 26.3 Å². The molecule has 2 aromatic rings. The van der Waals surface area contributed by atoms with Crippen LogP contribution >= 0.6 is 0 Å². The van der Waals surface area contributed by atoms with Crippen molar-refractivity contribution in [1.82, 2.24) is 9.97 Å². The van der Waals surface area contributed by atoms with Crippen molar-refractivity contribution < 1.29 is 15.0 Å². The Labute approximate surface area is 133 Å². The number of amides is 1. The summed E-state index contributed by atoms with van der Waals surface area (Å²) in [5.41, 5.74) is 0.767. The molecule has 0 aliphatic carbocycles. The van der Waals surface area contributed by atoms with Gasteiger partial charge in [-0.2, -0.15) is 5.26 Å². The number of aliphatic hydroxyl groups excluding tert-OH is 1. The molecule has 2 heterocycles. The highest BCUT2D eigenvalue weighted by atomic mass is 16.4. The normalized spacial score (nSPS) is 12.3. The fourth-order valence-corrected chi connectivity index (χ4v) is 2.13. The average Bonchev–Trinajstić information content (AvgIpc) is 2.54. The maximum Gasteiger partial charge on any atom is 0.409 e. The molecule has 0 bridgehead atoms. The largest absolute Gasteiger partial charge is 0.465 e. The number of hydrogen-bond acceptors (Lipinski definition) is 5. The van der Waals surface area contributed by atoms with E-state index in [-0.39, 0.29) is 5.69 Å². The summed E-state index contributed by atoms with van der Waals surface area (Å²) in [5.74, 6) is 0. The molecule has 0 saturated carbocycles. The highest BCUT2D eigenvalue weighted by Gasteiger charge is 2.33. The molecule has 0 spiro atoms. The summed E-state index contributed by atoms with van der Waals surface area (Å²) in [5, 5.41) is 30.4. The molecule has 2 rings (SSSR count). The van der Waals surface area contributed by atoms with Crippen LogP contribution in [0.3, 0.4) is 0 Å². The van der Waals surface area contributed by atoms with Gasteiger partial charge in [0, 0.05) is 5.41 Å². The van der Waals surface area contributed by atoms with Gasteiger partial charge in [-0.1, -0.05) is 19.9 Å². The van der Waals surface area contributed by atoms with Crippen molar-refractivity contribution >= 4 is 11.8 Å². The summed E-state index contributed by atoms with van der Waals surface area (Å²) >= 11 is 0. The Morgan fingerprint density at radius 3 is 2.65 bits per heavy atom. The molecule has 1 atom stereocenters. The van der Waals surface area contributed by atoms with E-state index in [1.165, 1.54) is 12.3 Å². The number of nitrogens with zero attached hydrogens (tertiary/aromatic N) is 3. The van der Waals surface area contributed by atoms with E-state index < -0.39 is 17.6 Å². The third-order valence-electron chi connectivity index (χ3n) is 3.53. The van der Waals surface area contributed by atoms with E-state index >= 15 is 0 Å². The van der Waals surface area contributed by atoms with Gasteiger partial charge in [0.15, 0.2) is 0 Å². The molecule has 7 heteroatoms. The van der Waals surface area contributed by atoms with Crippen LogP contribution in [0.4, 0.5) is 10.5 Å². The zero-order valence-electron chi connectivity index (χ0n) is 12.7. The van der Waals surface area contributed by atoms with Crippen LogP contribution in [0.1, 0.15) is 37.0 Å². The summed E-state index contributed by atoms with van der Waals surface area (Å²) in [6.45, 7) is 3.60. The molecular formula is C16H16N4O3. The Bertz CT molecular complexity index is 751. The number of aromatic nitrogens is 2. The zero-order valence-corrected chi connectivity index (χ0v) is 12.7. The SMILES string of the molecule is CC(C)(c1cccc(C#N)n1)C(O)c1ccc(NC(=O)O)cn1. The Morgan fingerprint density at radius 2 is 2.09 bits per heavy atom. The predicted molar refractivity (Wildman–Crippen MR) is 82.8 cm³/mol. The second kappa shape index (κ2) is 6.42. The number of anilines is 1. The van der Waals surface area contributed by atoms with Crippen molar-refractivity contribution in [1.29, 1.82) is 5.26 Å². The molecule has 23 heavy (non-hydrogen) atoms. The lowest BCUT2D eigenvalue weighted by Crippen LogP contribution is -2.29. The van der Waals surface area contributed by atoms with Gasteiger partial charge in [0.05, 0.1) is 23.3 Å². The van der Waals surface area contributed by atoms with E-state index in [2.05, 4.69) is 15.3 Å². The number of hydrogen-bond donors (Lipinski definition) is 3. The van der Waals surface area contributed by atoms with Gasteiger partial charge in [-0.05, 0) is 24.3 Å². The Balaban J connectivity index is 2.28. The molecule has 7 nitrogen and oxygen atoms in total. The second-order valence-electron chi connectivity index (χ2n) is 5.55. The van der Waals surface area contributed by atoms with Crippen molar-refractivity contribution in [2.24, 2.45) is 0 Å². The quantitative estimate of drug-likeness (QED) is 0.797. The topological polar surface area (TPSA) is 119 Å². The fraction of sp³-hybridized carbons (Fsp3) is 0.250. The number of pyridine rings is 2. The molecule has 0 aromatic carbocycles. The molecule has 118 valence electrons. The number of carboxylic acid groups (broad SMARTS) is 1. The van der Waals surface area contributed by atoms with Gasteiger partial charge in [0.1, 0.15) is 17.9 Å². The summed E-state index contributed by atoms with van der Waals surface area (Å²) in [6, 6.07) is 10.1. The van der Waals surface area contributed by atoms with E-state index in [1.807, 2.05) is 6.07 Å². The number of nitriles is 1. The maximum atomic E-state index is 10.6. The van der Waals surface area contributed by atoms with Gasteiger partial charge in [-0.25, -0.2) is 9.78 Å². The van der Waals surface area contributed by atoms with Gasteiger partial charge >= 0.3 is 6.09 Å². The fourth-order valence-electron chi connectivity index (χ4n) is 2.13. The summed E-state index contributed by atoms with van der Waals surface area (Å²) in [4.78, 5) is 18.9. The van der Waals surface area contributed by atoms with Crippen LogP contribution < -0.4 is 5.32 Å². The Hall–Kier alpha value is -2.98. The van der Waals surface area contributed by atoms with Crippen molar-refractivity contribution in [2.75, 3.05) is 5.32 Å². The zero-order chi connectivity index (χ0) is 17.0. The molecule has 0 radical (unpaired) electrons. The lowest BCUT2D eigenvalue weighted by molar-refractivity contribution is 0.0938. The van der Waals surface area contributed by atoms with Crippen LogP contribution in [0.25, 0.3) is 0 Å². The van der Waals surface area contributed by atoms with Crippen LogP contribution in [0.2, 0.25) is 0 Å². The van der Waals surface area contributed by atoms with E-state index in [4.69, 9.17) is 10.4 Å². The molecule has 2 aromatic heterocycles. The molecule has 0 saturated heterocycles. The number of nitrogens with one attached hydrogen (secondary N) is 1. The first-order valence-corrected chi connectivity index (χ1v) is 6.86. The second-order valence-corrected chi connectivity index (χ2v) is 5.55. The molecule has 1 unspecified atom stereocenters. The first-order valence-electron chi connectivity index (χ1n) is 6.86. The molecule has 0 aliphatic heterocycles. The minimum atomic E-state index is -1.18. The lowest BCUT2D eigenvalue weighted by atomic mass is 9.81. The number of aliphatic hydroxyl groups is 1. The summed E-state index contributed by atoms with van der Waals surface area (Å²) in [7, 11) is 0. The number of carbonyl (C=O) groups is 1. The first-order chi connectivity index (χ1) is 10.8. The predicted octanol–water partition coefficient (Wildman–Crippen LogP) is 2.45. The monoisotopic (exact) mass is 312 g/mol. The molecule has 3 N–H and O–H groups in total. The third kappa shape index (κ3) is 3.62. The standard InChI is InChI=1S/C16H16N4O3/c1-16(2,13-5-3-4-10(8-17)19-13)14(21)12-7-6-11(9-18-12)20-15(22)23/h3-7,9,14,20-21H,1-2H3,(H,22,23). The molecular weight excluding hydrogens is 296 g/mol. The van der Waals surface area contributed by atoms with Crippen molar-refractivity contribution in [2.45, 2.75) is 25.4 Å². The van der Waals surface area contributed by atoms with E-state index in [1.54, 1.807) is 38.1 Å². The lowest BCUT2D eigenvalue weighted by Gasteiger charge is -2.29. The third-order valence-corrected chi connectivity index (χ3v) is 3.53. The van der Waals surface area contributed by atoms with E-state index in [0.29, 0.717) is 17.1 Å². The van der Waals surface area contributed by atoms with Crippen molar-refractivity contribution in [3.8, 4) is 6.07 Å². The summed E-state index contributed by atoms with van der Waals surface area (Å²) < 4.78 is 0. The molecule has 1 amide bonds. The Kier molecular flexibility index (Phi) is 4.57. The van der Waals surface area contributed by atoms with Gasteiger partial charge < -0.3 is 10.2 Å². The van der Waals surface area contributed by atoms with Crippen LogP contribution in [0, 0.1) is 11.3 Å². The van der Waals surface area contributed by atoms with E-state index in [0.717, 1.165) is 0 Å². The average molecular weight is 312 g/mol. The minimum absolute atomic E-state index is 0.275. The highest BCUT2D eigenvalue weighted by molar-refractivity contribution is 5.82.